The molecule has 0 saturated carbocycles. The van der Waals surface area contributed by atoms with Crippen molar-refractivity contribution >= 4 is 17.3 Å². The molecule has 1 saturated heterocycles. The number of hydrogen-bond donors (Lipinski definition) is 2. The third kappa shape index (κ3) is 2.89. The van der Waals surface area contributed by atoms with Gasteiger partial charge in [-0.2, -0.15) is 0 Å². The molecule has 2 aliphatic heterocycles. The largest absolute Gasteiger partial charge is 0.376 e. The summed E-state index contributed by atoms with van der Waals surface area (Å²) in [6.07, 6.45) is 3.63. The highest BCUT2D eigenvalue weighted by atomic mass is 16.5. The number of piperidine rings is 1. The van der Waals surface area contributed by atoms with Crippen LogP contribution in [0.4, 0.5) is 11.4 Å². The molecule has 0 radical (unpaired) electrons. The summed E-state index contributed by atoms with van der Waals surface area (Å²) in [6.45, 7) is 4.91. The number of rotatable bonds is 4. The third-order valence-electron chi connectivity index (χ3n) is 4.21. The summed E-state index contributed by atoms with van der Waals surface area (Å²) in [5, 5.41) is 2.85. The first kappa shape index (κ1) is 14.4. The van der Waals surface area contributed by atoms with Gasteiger partial charge in [-0.05, 0) is 31.4 Å². The van der Waals surface area contributed by atoms with Crippen molar-refractivity contribution in [2.75, 3.05) is 29.9 Å². The lowest BCUT2D eigenvalue weighted by molar-refractivity contribution is -0.116. The van der Waals surface area contributed by atoms with E-state index in [0.717, 1.165) is 55.9 Å². The smallest absolute Gasteiger partial charge is 0.245 e. The van der Waals surface area contributed by atoms with E-state index >= 15 is 0 Å². The summed E-state index contributed by atoms with van der Waals surface area (Å²) in [4.78, 5) is 14.0. The maximum Gasteiger partial charge on any atom is 0.245 e. The third-order valence-corrected chi connectivity index (χ3v) is 4.21. The first-order chi connectivity index (χ1) is 10.2. The fraction of sp³-hybridized carbons (Fsp3) is 0.562. The van der Waals surface area contributed by atoms with E-state index in [4.69, 9.17) is 10.5 Å². The van der Waals surface area contributed by atoms with Gasteiger partial charge in [0.05, 0.1) is 6.10 Å². The minimum Gasteiger partial charge on any atom is -0.376 e. The van der Waals surface area contributed by atoms with E-state index in [1.807, 2.05) is 12.1 Å². The topological polar surface area (TPSA) is 67.6 Å². The number of nitrogens with one attached hydrogen (secondary N) is 1. The fourth-order valence-electron chi connectivity index (χ4n) is 3.07. The maximum atomic E-state index is 11.6. The number of ether oxygens (including phenoxy) is 1. The first-order valence-corrected chi connectivity index (χ1v) is 7.76. The molecule has 3 rings (SSSR count). The molecule has 0 aromatic heterocycles. The molecule has 3 N–H and O–H groups in total. The number of amides is 1. The Morgan fingerprint density at radius 3 is 3.14 bits per heavy atom. The van der Waals surface area contributed by atoms with Gasteiger partial charge < -0.3 is 20.7 Å². The van der Waals surface area contributed by atoms with Crippen molar-refractivity contribution in [1.29, 1.82) is 0 Å². The second kappa shape index (κ2) is 6.03. The van der Waals surface area contributed by atoms with Gasteiger partial charge in [0.1, 0.15) is 6.04 Å². The second-order valence-electron chi connectivity index (χ2n) is 5.82. The van der Waals surface area contributed by atoms with Crippen LogP contribution < -0.4 is 16.0 Å². The standard InChI is InChI=1S/C16H23N3O2/c1-2-8-21-12-4-3-7-19(10-12)11-5-6-13-14(9-11)18-16(20)15(13)17/h5-6,9,12,15H,2-4,7-8,10,17H2,1H3,(H,18,20). The number of nitrogens with two attached hydrogens (primary N) is 1. The number of carbonyl (C=O) groups excluding carboxylic acids is 1. The van der Waals surface area contributed by atoms with E-state index in [1.165, 1.54) is 0 Å². The van der Waals surface area contributed by atoms with Gasteiger partial charge in [0.2, 0.25) is 5.91 Å². The minimum atomic E-state index is -0.531. The lowest BCUT2D eigenvalue weighted by atomic mass is 10.0. The first-order valence-electron chi connectivity index (χ1n) is 7.76. The zero-order valence-electron chi connectivity index (χ0n) is 12.5. The van der Waals surface area contributed by atoms with Gasteiger partial charge in [0.25, 0.3) is 0 Å². The van der Waals surface area contributed by atoms with Crippen molar-refractivity contribution in [2.45, 2.75) is 38.3 Å². The fourth-order valence-corrected chi connectivity index (χ4v) is 3.07. The highest BCUT2D eigenvalue weighted by Crippen LogP contribution is 2.33. The molecule has 2 heterocycles. The van der Waals surface area contributed by atoms with E-state index in [1.54, 1.807) is 0 Å². The molecule has 5 heteroatoms. The van der Waals surface area contributed by atoms with Crippen LogP contribution in [0, 0.1) is 0 Å². The van der Waals surface area contributed by atoms with Gasteiger partial charge in [0.15, 0.2) is 0 Å². The lowest BCUT2D eigenvalue weighted by Crippen LogP contribution is -2.39. The Kier molecular flexibility index (Phi) is 4.12. The van der Waals surface area contributed by atoms with Crippen LogP contribution in [0.1, 0.15) is 37.8 Å². The van der Waals surface area contributed by atoms with Crippen LogP contribution in [0.3, 0.4) is 0 Å². The number of nitrogens with zero attached hydrogens (tertiary/aromatic N) is 1. The second-order valence-corrected chi connectivity index (χ2v) is 5.82. The van der Waals surface area contributed by atoms with Gasteiger partial charge in [-0.3, -0.25) is 4.79 Å². The van der Waals surface area contributed by atoms with Crippen molar-refractivity contribution in [3.8, 4) is 0 Å². The molecule has 2 unspecified atom stereocenters. The van der Waals surface area contributed by atoms with E-state index in [2.05, 4.69) is 23.2 Å². The van der Waals surface area contributed by atoms with Crippen molar-refractivity contribution in [3.63, 3.8) is 0 Å². The number of benzene rings is 1. The number of hydrogen-bond acceptors (Lipinski definition) is 4. The molecule has 2 atom stereocenters. The molecule has 2 aliphatic rings. The molecule has 1 aromatic rings. The van der Waals surface area contributed by atoms with Crippen LogP contribution in [0.2, 0.25) is 0 Å². The molecule has 114 valence electrons. The molecule has 0 bridgehead atoms. The maximum absolute atomic E-state index is 11.6. The average Bonchev–Trinajstić information content (AvgIpc) is 2.80. The molecule has 5 nitrogen and oxygen atoms in total. The Balaban J connectivity index is 1.72. The lowest BCUT2D eigenvalue weighted by Gasteiger charge is -2.34. The van der Waals surface area contributed by atoms with Crippen LogP contribution in [0.15, 0.2) is 18.2 Å². The Hall–Kier alpha value is -1.59. The Morgan fingerprint density at radius 2 is 2.33 bits per heavy atom. The van der Waals surface area contributed by atoms with E-state index in [0.29, 0.717) is 6.10 Å². The van der Waals surface area contributed by atoms with Gasteiger partial charge in [0, 0.05) is 36.6 Å². The summed E-state index contributed by atoms with van der Waals surface area (Å²) in [6, 6.07) is 5.52. The number of anilines is 2. The molecular weight excluding hydrogens is 266 g/mol. The quantitative estimate of drug-likeness (QED) is 0.890. The monoisotopic (exact) mass is 289 g/mol. The highest BCUT2D eigenvalue weighted by molar-refractivity contribution is 6.02. The van der Waals surface area contributed by atoms with Crippen molar-refractivity contribution in [2.24, 2.45) is 5.73 Å². The van der Waals surface area contributed by atoms with E-state index in [9.17, 15) is 4.79 Å². The Bertz CT molecular complexity index is 532. The Morgan fingerprint density at radius 1 is 1.48 bits per heavy atom. The molecule has 21 heavy (non-hydrogen) atoms. The Labute approximate surface area is 125 Å². The molecule has 1 amide bonds. The predicted octanol–water partition coefficient (Wildman–Crippen LogP) is 2.03. The van der Waals surface area contributed by atoms with Gasteiger partial charge >= 0.3 is 0 Å². The molecule has 0 aliphatic carbocycles. The summed E-state index contributed by atoms with van der Waals surface area (Å²) < 4.78 is 5.88. The van der Waals surface area contributed by atoms with Crippen LogP contribution in [0.25, 0.3) is 0 Å². The molecule has 1 aromatic carbocycles. The summed E-state index contributed by atoms with van der Waals surface area (Å²) in [5.41, 5.74) is 8.72. The van der Waals surface area contributed by atoms with Gasteiger partial charge in [-0.15, -0.1) is 0 Å². The van der Waals surface area contributed by atoms with Crippen LogP contribution in [0.5, 0.6) is 0 Å². The van der Waals surface area contributed by atoms with Crippen molar-refractivity contribution in [3.05, 3.63) is 23.8 Å². The number of fused-ring (bicyclic) bond motifs is 1. The van der Waals surface area contributed by atoms with Crippen LogP contribution in [-0.2, 0) is 9.53 Å². The SMILES string of the molecule is CCCOC1CCCN(c2ccc3c(c2)NC(=O)C3N)C1. The van der Waals surface area contributed by atoms with E-state index < -0.39 is 6.04 Å². The van der Waals surface area contributed by atoms with E-state index in [-0.39, 0.29) is 5.91 Å². The summed E-state index contributed by atoms with van der Waals surface area (Å²) in [5.74, 6) is -0.120. The predicted molar refractivity (Wildman–Crippen MR) is 83.5 cm³/mol. The van der Waals surface area contributed by atoms with Gasteiger partial charge in [-0.25, -0.2) is 0 Å². The normalized spacial score (nSPS) is 24.9. The van der Waals surface area contributed by atoms with Gasteiger partial charge in [-0.1, -0.05) is 13.0 Å². The molecule has 1 fully saturated rings. The van der Waals surface area contributed by atoms with Crippen molar-refractivity contribution < 1.29 is 9.53 Å². The van der Waals surface area contributed by atoms with Crippen molar-refractivity contribution in [1.82, 2.24) is 0 Å². The number of carbonyl (C=O) groups is 1. The zero-order valence-corrected chi connectivity index (χ0v) is 12.5. The average molecular weight is 289 g/mol. The zero-order chi connectivity index (χ0) is 14.8. The molecule has 0 spiro atoms. The summed E-state index contributed by atoms with van der Waals surface area (Å²) in [7, 11) is 0. The minimum absolute atomic E-state index is 0.120. The molecular formula is C16H23N3O2. The van der Waals surface area contributed by atoms with Crippen LogP contribution >= 0.6 is 0 Å². The van der Waals surface area contributed by atoms with Crippen LogP contribution in [-0.4, -0.2) is 31.7 Å². The highest BCUT2D eigenvalue weighted by Gasteiger charge is 2.28. The summed E-state index contributed by atoms with van der Waals surface area (Å²) >= 11 is 0.